The fourth-order valence-electron chi connectivity index (χ4n) is 2.06. The zero-order valence-electron chi connectivity index (χ0n) is 9.15. The summed E-state index contributed by atoms with van der Waals surface area (Å²) in [6.07, 6.45) is 4.07. The minimum atomic E-state index is 0.724. The molecule has 2 nitrogen and oxygen atoms in total. The minimum absolute atomic E-state index is 0.724. The Kier molecular flexibility index (Phi) is 4.05. The molecule has 1 unspecified atom stereocenters. The molecule has 1 aliphatic rings. The summed E-state index contributed by atoms with van der Waals surface area (Å²) in [4.78, 5) is 7.10. The van der Waals surface area contributed by atoms with E-state index in [0.29, 0.717) is 0 Å². The molecule has 0 saturated carbocycles. The van der Waals surface area contributed by atoms with Gasteiger partial charge in [0.05, 0.1) is 12.2 Å². The van der Waals surface area contributed by atoms with E-state index in [-0.39, 0.29) is 0 Å². The fourth-order valence-corrected chi connectivity index (χ4v) is 3.16. The lowest BCUT2D eigenvalue weighted by Crippen LogP contribution is -2.36. The topological polar surface area (TPSA) is 16.1 Å². The molecule has 0 N–H and O–H groups in total. The number of rotatable bonds is 3. The van der Waals surface area contributed by atoms with Crippen LogP contribution in [0.4, 0.5) is 0 Å². The van der Waals surface area contributed by atoms with E-state index in [0.717, 1.165) is 24.0 Å². The van der Waals surface area contributed by atoms with E-state index in [1.165, 1.54) is 30.8 Å². The van der Waals surface area contributed by atoms with Crippen molar-refractivity contribution in [1.82, 2.24) is 9.88 Å². The molecule has 0 aliphatic carbocycles. The molecule has 1 atom stereocenters. The average molecular weight is 242 g/mol. The summed E-state index contributed by atoms with van der Waals surface area (Å²) in [7, 11) is 0. The molecular formula is C11H18N2S2. The van der Waals surface area contributed by atoms with Crippen molar-refractivity contribution in [3.8, 4) is 0 Å². The summed E-state index contributed by atoms with van der Waals surface area (Å²) < 4.78 is 0. The van der Waals surface area contributed by atoms with E-state index in [9.17, 15) is 0 Å². The van der Waals surface area contributed by atoms with E-state index in [2.05, 4.69) is 34.8 Å². The Labute approximate surface area is 101 Å². The summed E-state index contributed by atoms with van der Waals surface area (Å²) in [5, 5.41) is 3.37. The molecule has 2 heterocycles. The second kappa shape index (κ2) is 5.32. The van der Waals surface area contributed by atoms with Gasteiger partial charge in [-0.05, 0) is 26.3 Å². The van der Waals surface area contributed by atoms with Crippen molar-refractivity contribution < 1.29 is 0 Å². The molecule has 0 radical (unpaired) electrons. The molecule has 1 aliphatic heterocycles. The van der Waals surface area contributed by atoms with Crippen LogP contribution in [0.1, 0.15) is 36.9 Å². The first-order valence-corrected chi connectivity index (χ1v) is 7.09. The van der Waals surface area contributed by atoms with Gasteiger partial charge in [0.15, 0.2) is 0 Å². The van der Waals surface area contributed by atoms with Gasteiger partial charge < -0.3 is 0 Å². The van der Waals surface area contributed by atoms with Crippen molar-refractivity contribution in [2.45, 2.75) is 44.5 Å². The highest BCUT2D eigenvalue weighted by atomic mass is 32.1. The van der Waals surface area contributed by atoms with Gasteiger partial charge in [0.1, 0.15) is 5.01 Å². The predicted molar refractivity (Wildman–Crippen MR) is 68.5 cm³/mol. The number of piperidine rings is 1. The van der Waals surface area contributed by atoms with Crippen molar-refractivity contribution in [2.24, 2.45) is 0 Å². The molecule has 0 amide bonds. The van der Waals surface area contributed by atoms with E-state index in [1.807, 2.05) is 0 Å². The molecule has 0 aromatic carbocycles. The second-order valence-corrected chi connectivity index (χ2v) is 5.46. The smallest absolute Gasteiger partial charge is 0.107 e. The van der Waals surface area contributed by atoms with Crippen LogP contribution in [0.15, 0.2) is 5.38 Å². The van der Waals surface area contributed by atoms with E-state index in [4.69, 9.17) is 0 Å². The van der Waals surface area contributed by atoms with Gasteiger partial charge in [-0.25, -0.2) is 4.98 Å². The van der Waals surface area contributed by atoms with Gasteiger partial charge in [-0.2, -0.15) is 12.6 Å². The van der Waals surface area contributed by atoms with Crippen molar-refractivity contribution >= 4 is 24.0 Å². The minimum Gasteiger partial charge on any atom is -0.294 e. The van der Waals surface area contributed by atoms with E-state index < -0.39 is 0 Å². The normalized spacial score (nSPS) is 23.2. The van der Waals surface area contributed by atoms with E-state index >= 15 is 0 Å². The van der Waals surface area contributed by atoms with Crippen LogP contribution in [0.25, 0.3) is 0 Å². The molecule has 15 heavy (non-hydrogen) atoms. The first-order valence-electron chi connectivity index (χ1n) is 5.58. The van der Waals surface area contributed by atoms with Crippen LogP contribution in [0.5, 0.6) is 0 Å². The number of nitrogens with zero attached hydrogens (tertiary/aromatic N) is 2. The molecule has 1 aromatic rings. The van der Waals surface area contributed by atoms with Crippen LogP contribution in [0.3, 0.4) is 0 Å². The highest BCUT2D eigenvalue weighted by Crippen LogP contribution is 2.21. The number of thiazole rings is 1. The van der Waals surface area contributed by atoms with Crippen molar-refractivity contribution in [3.05, 3.63) is 16.1 Å². The number of hydrogen-bond donors (Lipinski definition) is 1. The van der Waals surface area contributed by atoms with Crippen LogP contribution < -0.4 is 0 Å². The first-order chi connectivity index (χ1) is 7.29. The Morgan fingerprint density at radius 2 is 2.47 bits per heavy atom. The summed E-state index contributed by atoms with van der Waals surface area (Å²) in [5.74, 6) is 0.756. The molecule has 0 spiro atoms. The Balaban J connectivity index is 1.95. The maximum Gasteiger partial charge on any atom is 0.107 e. The monoisotopic (exact) mass is 242 g/mol. The Morgan fingerprint density at radius 1 is 1.60 bits per heavy atom. The number of likely N-dealkylation sites (tertiary alicyclic amines) is 1. The Hall–Kier alpha value is -0.0600. The summed E-state index contributed by atoms with van der Waals surface area (Å²) in [6.45, 7) is 4.59. The second-order valence-electron chi connectivity index (χ2n) is 4.21. The first kappa shape index (κ1) is 11.4. The van der Waals surface area contributed by atoms with Gasteiger partial charge in [0.2, 0.25) is 0 Å². The van der Waals surface area contributed by atoms with Crippen LogP contribution in [0, 0.1) is 0 Å². The van der Waals surface area contributed by atoms with Gasteiger partial charge in [0.25, 0.3) is 0 Å². The van der Waals surface area contributed by atoms with Crippen molar-refractivity contribution in [3.63, 3.8) is 0 Å². The van der Waals surface area contributed by atoms with Gasteiger partial charge in [-0.15, -0.1) is 11.3 Å². The van der Waals surface area contributed by atoms with E-state index in [1.54, 1.807) is 11.3 Å². The quantitative estimate of drug-likeness (QED) is 0.820. The number of aromatic nitrogens is 1. The van der Waals surface area contributed by atoms with Crippen LogP contribution >= 0.6 is 24.0 Å². The Bertz CT molecular complexity index is 311. The molecule has 4 heteroatoms. The van der Waals surface area contributed by atoms with Gasteiger partial charge in [0, 0.05) is 17.2 Å². The molecular weight excluding hydrogens is 224 g/mol. The molecule has 1 fully saturated rings. The molecule has 1 saturated heterocycles. The van der Waals surface area contributed by atoms with Gasteiger partial charge in [-0.3, -0.25) is 4.90 Å². The SMILES string of the molecule is CC1CCCCN1Cc1nc(CS)cs1. The highest BCUT2D eigenvalue weighted by Gasteiger charge is 2.19. The zero-order chi connectivity index (χ0) is 10.7. The number of hydrogen-bond acceptors (Lipinski definition) is 4. The molecule has 84 valence electrons. The van der Waals surface area contributed by atoms with Crippen LogP contribution in [-0.4, -0.2) is 22.5 Å². The standard InChI is InChI=1S/C11H18N2S2/c1-9-4-2-3-5-13(9)6-11-12-10(7-14)8-15-11/h8-9,14H,2-7H2,1H3. The lowest BCUT2D eigenvalue weighted by molar-refractivity contribution is 0.152. The lowest BCUT2D eigenvalue weighted by Gasteiger charge is -2.32. The largest absolute Gasteiger partial charge is 0.294 e. The summed E-state index contributed by atoms with van der Waals surface area (Å²) >= 11 is 6.01. The molecule has 2 rings (SSSR count). The lowest BCUT2D eigenvalue weighted by atomic mass is 10.0. The molecule has 0 bridgehead atoms. The van der Waals surface area contributed by atoms with Crippen molar-refractivity contribution in [2.75, 3.05) is 6.54 Å². The Morgan fingerprint density at radius 3 is 3.13 bits per heavy atom. The summed E-state index contributed by atoms with van der Waals surface area (Å²) in [5.41, 5.74) is 1.11. The van der Waals surface area contributed by atoms with Crippen molar-refractivity contribution in [1.29, 1.82) is 0 Å². The maximum absolute atomic E-state index is 4.56. The fraction of sp³-hybridized carbons (Fsp3) is 0.727. The third-order valence-corrected chi connectivity index (χ3v) is 4.25. The van der Waals surface area contributed by atoms with Crippen LogP contribution in [0.2, 0.25) is 0 Å². The summed E-state index contributed by atoms with van der Waals surface area (Å²) in [6, 6.07) is 0.724. The molecule has 1 aromatic heterocycles. The predicted octanol–water partition coefficient (Wildman–Crippen LogP) is 2.95. The number of thiol groups is 1. The third kappa shape index (κ3) is 2.95. The highest BCUT2D eigenvalue weighted by molar-refractivity contribution is 7.79. The zero-order valence-corrected chi connectivity index (χ0v) is 10.9. The third-order valence-electron chi connectivity index (χ3n) is 3.04. The van der Waals surface area contributed by atoms with Gasteiger partial charge >= 0.3 is 0 Å². The van der Waals surface area contributed by atoms with Gasteiger partial charge in [-0.1, -0.05) is 6.42 Å². The van der Waals surface area contributed by atoms with Crippen LogP contribution in [-0.2, 0) is 12.3 Å². The average Bonchev–Trinajstić information content (AvgIpc) is 2.69. The maximum atomic E-state index is 4.56.